The Morgan fingerprint density at radius 3 is 2.45 bits per heavy atom. The first-order valence-corrected chi connectivity index (χ1v) is 9.16. The summed E-state index contributed by atoms with van der Waals surface area (Å²) in [5.41, 5.74) is -0.652. The molecule has 0 spiro atoms. The van der Waals surface area contributed by atoms with Crippen LogP contribution in [0, 0.1) is 17.0 Å². The van der Waals surface area contributed by atoms with E-state index in [9.17, 15) is 28.1 Å². The number of alkyl halides is 3. The van der Waals surface area contributed by atoms with Crippen LogP contribution in [0.5, 0.6) is 0 Å². The van der Waals surface area contributed by atoms with Gasteiger partial charge in [-0.15, -0.1) is 0 Å². The van der Waals surface area contributed by atoms with E-state index < -0.39 is 28.3 Å². The van der Waals surface area contributed by atoms with Crippen LogP contribution in [0.15, 0.2) is 54.7 Å². The first kappa shape index (κ1) is 21.8. The molecule has 3 rings (SSSR count). The minimum Gasteiger partial charge on any atom is -0.378 e. The molecule has 0 aliphatic rings. The highest BCUT2D eigenvalue weighted by atomic mass is 19.4. The minimum atomic E-state index is -4.81. The van der Waals surface area contributed by atoms with Crippen molar-refractivity contribution in [1.29, 1.82) is 0 Å². The van der Waals surface area contributed by atoms with Crippen LogP contribution in [-0.4, -0.2) is 33.7 Å². The number of hydrogen-bond acceptors (Lipinski definition) is 5. The number of anilines is 1. The van der Waals surface area contributed by atoms with Crippen LogP contribution in [-0.2, 0) is 6.18 Å². The average molecular weight is 433 g/mol. The molecule has 0 aliphatic carbocycles. The number of amides is 1. The van der Waals surface area contributed by atoms with Gasteiger partial charge in [-0.05, 0) is 25.1 Å². The number of carbonyl (C=O) groups is 1. The fourth-order valence-corrected chi connectivity index (χ4v) is 2.92. The molecule has 162 valence electrons. The fraction of sp³-hybridized carbons (Fsp3) is 0.200. The Morgan fingerprint density at radius 1 is 1.13 bits per heavy atom. The summed E-state index contributed by atoms with van der Waals surface area (Å²) in [6, 6.07) is 12.2. The summed E-state index contributed by atoms with van der Waals surface area (Å²) < 4.78 is 41.7. The maximum atomic E-state index is 13.7. The normalized spacial score (nSPS) is 11.2. The Labute approximate surface area is 174 Å². The second kappa shape index (κ2) is 8.86. The third-order valence-corrected chi connectivity index (χ3v) is 4.39. The average Bonchev–Trinajstić information content (AvgIpc) is 3.17. The van der Waals surface area contributed by atoms with Crippen LogP contribution in [0.3, 0.4) is 0 Å². The van der Waals surface area contributed by atoms with Gasteiger partial charge < -0.3 is 10.6 Å². The largest absolute Gasteiger partial charge is 0.434 e. The van der Waals surface area contributed by atoms with Crippen LogP contribution in [0.1, 0.15) is 21.6 Å². The first-order chi connectivity index (χ1) is 14.7. The Morgan fingerprint density at radius 2 is 1.81 bits per heavy atom. The van der Waals surface area contributed by atoms with Crippen molar-refractivity contribution in [2.75, 3.05) is 18.4 Å². The zero-order valence-corrected chi connectivity index (χ0v) is 16.3. The van der Waals surface area contributed by atoms with Crippen LogP contribution in [0.4, 0.5) is 24.5 Å². The number of carbonyl (C=O) groups excluding carboxylic acids is 1. The van der Waals surface area contributed by atoms with Crippen LogP contribution in [0.25, 0.3) is 5.69 Å². The molecule has 1 aromatic heterocycles. The van der Waals surface area contributed by atoms with E-state index in [4.69, 9.17) is 0 Å². The lowest BCUT2D eigenvalue weighted by atomic mass is 10.2. The van der Waals surface area contributed by atoms with Crippen molar-refractivity contribution in [3.63, 3.8) is 0 Å². The highest BCUT2D eigenvalue weighted by Gasteiger charge is 2.40. The lowest BCUT2D eigenvalue weighted by Gasteiger charge is -2.13. The van der Waals surface area contributed by atoms with Gasteiger partial charge in [0.05, 0.1) is 22.4 Å². The fourth-order valence-electron chi connectivity index (χ4n) is 2.92. The highest BCUT2D eigenvalue weighted by molar-refractivity contribution is 5.95. The summed E-state index contributed by atoms with van der Waals surface area (Å²) in [7, 11) is 0. The van der Waals surface area contributed by atoms with Gasteiger partial charge in [-0.1, -0.05) is 29.8 Å². The van der Waals surface area contributed by atoms with E-state index in [0.717, 1.165) is 11.8 Å². The number of nitrogens with zero attached hydrogens (tertiary/aromatic N) is 3. The maximum absolute atomic E-state index is 13.7. The predicted molar refractivity (Wildman–Crippen MR) is 107 cm³/mol. The number of para-hydroxylation sites is 2. The SMILES string of the molecule is Cc1ccc(-n2ncc(C(=O)NCCNc3ccccc3[N+](=O)[O-])c2C(F)(F)F)cc1. The van der Waals surface area contributed by atoms with Crippen molar-refractivity contribution in [3.8, 4) is 5.69 Å². The summed E-state index contributed by atoms with van der Waals surface area (Å²) in [5.74, 6) is -0.949. The van der Waals surface area contributed by atoms with E-state index in [0.29, 0.717) is 4.68 Å². The van der Waals surface area contributed by atoms with Crippen LogP contribution in [0.2, 0.25) is 0 Å². The van der Waals surface area contributed by atoms with Crippen molar-refractivity contribution in [2.45, 2.75) is 13.1 Å². The Balaban J connectivity index is 1.72. The Kier molecular flexibility index (Phi) is 6.23. The van der Waals surface area contributed by atoms with Gasteiger partial charge in [0, 0.05) is 19.2 Å². The predicted octanol–water partition coefficient (Wildman–Crippen LogP) is 3.95. The third-order valence-electron chi connectivity index (χ3n) is 4.39. The standard InChI is InChI=1S/C20H18F3N5O3/c1-13-6-8-14(9-7-13)27-18(20(21,22)23)15(12-26-27)19(29)25-11-10-24-16-4-2-3-5-17(16)28(30)31/h2-9,12,24H,10-11H2,1H3,(H,25,29). The van der Waals surface area contributed by atoms with Gasteiger partial charge in [-0.3, -0.25) is 14.9 Å². The molecule has 0 radical (unpaired) electrons. The minimum absolute atomic E-state index is 0.0576. The van der Waals surface area contributed by atoms with E-state index in [1.165, 1.54) is 30.3 Å². The van der Waals surface area contributed by atoms with E-state index in [-0.39, 0.29) is 30.2 Å². The van der Waals surface area contributed by atoms with Crippen molar-refractivity contribution in [1.82, 2.24) is 15.1 Å². The van der Waals surface area contributed by atoms with Crippen molar-refractivity contribution in [3.05, 3.63) is 81.7 Å². The summed E-state index contributed by atoms with van der Waals surface area (Å²) in [5, 5.41) is 19.9. The molecular formula is C20H18F3N5O3. The second-order valence-electron chi connectivity index (χ2n) is 6.61. The summed E-state index contributed by atoms with van der Waals surface area (Å²) in [6.45, 7) is 1.82. The number of nitro benzene ring substituents is 1. The molecule has 31 heavy (non-hydrogen) atoms. The Hall–Kier alpha value is -3.89. The van der Waals surface area contributed by atoms with Gasteiger partial charge >= 0.3 is 6.18 Å². The molecule has 0 saturated heterocycles. The number of aryl methyl sites for hydroxylation is 1. The molecule has 0 aliphatic heterocycles. The zero-order valence-electron chi connectivity index (χ0n) is 16.3. The molecule has 3 aromatic rings. The van der Waals surface area contributed by atoms with Gasteiger partial charge in [-0.25, -0.2) is 4.68 Å². The number of nitro groups is 1. The first-order valence-electron chi connectivity index (χ1n) is 9.16. The van der Waals surface area contributed by atoms with Gasteiger partial charge in [0.1, 0.15) is 5.69 Å². The molecule has 1 amide bonds. The second-order valence-corrected chi connectivity index (χ2v) is 6.61. The van der Waals surface area contributed by atoms with Crippen molar-refractivity contribution < 1.29 is 22.9 Å². The topological polar surface area (TPSA) is 102 Å². The highest BCUT2D eigenvalue weighted by Crippen LogP contribution is 2.33. The van der Waals surface area contributed by atoms with E-state index in [1.807, 2.05) is 0 Å². The molecule has 0 fully saturated rings. The summed E-state index contributed by atoms with van der Waals surface area (Å²) in [6.07, 6.45) is -3.94. The quantitative estimate of drug-likeness (QED) is 0.334. The van der Waals surface area contributed by atoms with Gasteiger partial charge in [0.25, 0.3) is 11.6 Å². The molecule has 0 bridgehead atoms. The molecule has 0 atom stereocenters. The summed E-state index contributed by atoms with van der Waals surface area (Å²) in [4.78, 5) is 22.8. The molecule has 8 nitrogen and oxygen atoms in total. The van der Waals surface area contributed by atoms with Crippen molar-refractivity contribution >= 4 is 17.3 Å². The van der Waals surface area contributed by atoms with Gasteiger partial charge in [0.2, 0.25) is 0 Å². The third kappa shape index (κ3) is 5.00. The monoisotopic (exact) mass is 433 g/mol. The lowest BCUT2D eigenvalue weighted by Crippen LogP contribution is -2.30. The molecular weight excluding hydrogens is 415 g/mol. The number of rotatable bonds is 7. The number of aromatic nitrogens is 2. The molecule has 0 saturated carbocycles. The number of benzene rings is 2. The van der Waals surface area contributed by atoms with Crippen LogP contribution < -0.4 is 10.6 Å². The van der Waals surface area contributed by atoms with Gasteiger partial charge in [-0.2, -0.15) is 18.3 Å². The molecule has 1 heterocycles. The van der Waals surface area contributed by atoms with Crippen LogP contribution >= 0.6 is 0 Å². The molecule has 2 N–H and O–H groups in total. The lowest BCUT2D eigenvalue weighted by molar-refractivity contribution is -0.384. The maximum Gasteiger partial charge on any atom is 0.434 e. The van der Waals surface area contributed by atoms with E-state index in [1.54, 1.807) is 25.1 Å². The molecule has 2 aromatic carbocycles. The van der Waals surface area contributed by atoms with Gasteiger partial charge in [0.15, 0.2) is 5.69 Å². The van der Waals surface area contributed by atoms with E-state index in [2.05, 4.69) is 15.7 Å². The number of halogens is 3. The van der Waals surface area contributed by atoms with E-state index >= 15 is 0 Å². The smallest absolute Gasteiger partial charge is 0.378 e. The van der Waals surface area contributed by atoms with Crippen molar-refractivity contribution in [2.24, 2.45) is 0 Å². The molecule has 0 unspecified atom stereocenters. The Bertz CT molecular complexity index is 1090. The zero-order chi connectivity index (χ0) is 22.6. The number of nitrogens with one attached hydrogen (secondary N) is 2. The molecule has 11 heteroatoms. The summed E-state index contributed by atoms with van der Waals surface area (Å²) >= 11 is 0. The number of hydrogen-bond donors (Lipinski definition) is 2.